The van der Waals surface area contributed by atoms with Crippen LogP contribution in [0.4, 0.5) is 0 Å². The lowest BCUT2D eigenvalue weighted by Crippen LogP contribution is -1.97. The standard InChI is InChI=1S/C14H11BrO3/c15-11-6-12(14-13(7-11)17-9-18-14)16-8-10-4-2-1-3-5-10/h1-7H,8-9H2. The number of hydrogen-bond donors (Lipinski definition) is 0. The van der Waals surface area contributed by atoms with Gasteiger partial charge in [0.1, 0.15) is 6.61 Å². The highest BCUT2D eigenvalue weighted by atomic mass is 79.9. The van der Waals surface area contributed by atoms with Gasteiger partial charge < -0.3 is 14.2 Å². The minimum absolute atomic E-state index is 0.244. The summed E-state index contributed by atoms with van der Waals surface area (Å²) in [5.41, 5.74) is 1.12. The van der Waals surface area contributed by atoms with Gasteiger partial charge in [0.05, 0.1) is 0 Å². The number of benzene rings is 2. The Hall–Kier alpha value is -1.68. The highest BCUT2D eigenvalue weighted by Crippen LogP contribution is 2.43. The van der Waals surface area contributed by atoms with Crippen molar-refractivity contribution in [3.05, 3.63) is 52.5 Å². The predicted octanol–water partition coefficient (Wildman–Crippen LogP) is 3.76. The zero-order chi connectivity index (χ0) is 12.4. The molecule has 18 heavy (non-hydrogen) atoms. The Labute approximate surface area is 113 Å². The quantitative estimate of drug-likeness (QED) is 0.864. The van der Waals surface area contributed by atoms with Crippen LogP contribution in [-0.4, -0.2) is 6.79 Å². The summed E-state index contributed by atoms with van der Waals surface area (Å²) in [6.45, 7) is 0.751. The molecule has 0 fully saturated rings. The Bertz CT molecular complexity index is 554. The van der Waals surface area contributed by atoms with Gasteiger partial charge in [-0.1, -0.05) is 46.3 Å². The summed E-state index contributed by atoms with van der Waals surface area (Å²) in [5.74, 6) is 2.09. The zero-order valence-corrected chi connectivity index (χ0v) is 11.1. The second-order valence-electron chi connectivity index (χ2n) is 3.91. The molecule has 0 bridgehead atoms. The van der Waals surface area contributed by atoms with E-state index in [9.17, 15) is 0 Å². The lowest BCUT2D eigenvalue weighted by atomic mass is 10.2. The molecule has 2 aromatic rings. The Kier molecular flexibility index (Phi) is 3.11. The van der Waals surface area contributed by atoms with Crippen molar-refractivity contribution in [2.45, 2.75) is 6.61 Å². The Balaban J connectivity index is 1.81. The van der Waals surface area contributed by atoms with Crippen LogP contribution in [0.25, 0.3) is 0 Å². The van der Waals surface area contributed by atoms with Crippen molar-refractivity contribution in [3.8, 4) is 17.2 Å². The highest BCUT2D eigenvalue weighted by Gasteiger charge is 2.20. The number of hydrogen-bond acceptors (Lipinski definition) is 3. The minimum atomic E-state index is 0.244. The molecule has 0 aliphatic carbocycles. The van der Waals surface area contributed by atoms with Gasteiger partial charge in [-0.2, -0.15) is 0 Å². The van der Waals surface area contributed by atoms with E-state index < -0.39 is 0 Å². The van der Waals surface area contributed by atoms with Crippen molar-refractivity contribution in [3.63, 3.8) is 0 Å². The Morgan fingerprint density at radius 3 is 2.78 bits per heavy atom. The highest BCUT2D eigenvalue weighted by molar-refractivity contribution is 9.10. The van der Waals surface area contributed by atoms with Crippen molar-refractivity contribution in [2.75, 3.05) is 6.79 Å². The first-order chi connectivity index (χ1) is 8.83. The monoisotopic (exact) mass is 306 g/mol. The molecule has 1 heterocycles. The van der Waals surface area contributed by atoms with Crippen molar-refractivity contribution in [1.82, 2.24) is 0 Å². The summed E-state index contributed by atoms with van der Waals surface area (Å²) in [7, 11) is 0. The Morgan fingerprint density at radius 1 is 1.11 bits per heavy atom. The number of rotatable bonds is 3. The molecule has 2 aromatic carbocycles. The van der Waals surface area contributed by atoms with Crippen LogP contribution >= 0.6 is 15.9 Å². The van der Waals surface area contributed by atoms with Crippen LogP contribution in [0.1, 0.15) is 5.56 Å². The van der Waals surface area contributed by atoms with Gasteiger partial charge in [-0.05, 0) is 17.7 Å². The number of fused-ring (bicyclic) bond motifs is 1. The van der Waals surface area contributed by atoms with E-state index in [-0.39, 0.29) is 6.79 Å². The second kappa shape index (κ2) is 4.90. The lowest BCUT2D eigenvalue weighted by molar-refractivity contribution is 0.169. The van der Waals surface area contributed by atoms with Crippen molar-refractivity contribution < 1.29 is 14.2 Å². The van der Waals surface area contributed by atoms with E-state index in [1.54, 1.807) is 0 Å². The molecule has 0 saturated carbocycles. The van der Waals surface area contributed by atoms with Gasteiger partial charge in [0.25, 0.3) is 0 Å². The summed E-state index contributed by atoms with van der Waals surface area (Å²) in [5, 5.41) is 0. The fourth-order valence-electron chi connectivity index (χ4n) is 1.79. The molecule has 0 atom stereocenters. The second-order valence-corrected chi connectivity index (χ2v) is 4.83. The maximum absolute atomic E-state index is 5.78. The van der Waals surface area contributed by atoms with Crippen LogP contribution in [0.3, 0.4) is 0 Å². The van der Waals surface area contributed by atoms with Crippen LogP contribution in [0.2, 0.25) is 0 Å². The maximum Gasteiger partial charge on any atom is 0.231 e. The van der Waals surface area contributed by atoms with Crippen LogP contribution < -0.4 is 14.2 Å². The van der Waals surface area contributed by atoms with Gasteiger partial charge in [0, 0.05) is 4.47 Å². The molecule has 0 aromatic heterocycles. The molecule has 0 N–H and O–H groups in total. The van der Waals surface area contributed by atoms with Crippen LogP contribution in [0, 0.1) is 0 Å². The molecule has 0 radical (unpaired) electrons. The normalized spacial score (nSPS) is 12.5. The molecule has 3 rings (SSSR count). The van der Waals surface area contributed by atoms with Crippen molar-refractivity contribution >= 4 is 15.9 Å². The van der Waals surface area contributed by atoms with Crippen LogP contribution in [0.15, 0.2) is 46.9 Å². The third-order valence-electron chi connectivity index (χ3n) is 2.64. The van der Waals surface area contributed by atoms with E-state index in [0.717, 1.165) is 10.0 Å². The first-order valence-corrected chi connectivity index (χ1v) is 6.38. The molecule has 0 saturated heterocycles. The van der Waals surface area contributed by atoms with E-state index in [2.05, 4.69) is 15.9 Å². The van der Waals surface area contributed by atoms with Gasteiger partial charge in [-0.15, -0.1) is 0 Å². The van der Waals surface area contributed by atoms with E-state index in [0.29, 0.717) is 23.9 Å². The molecule has 1 aliphatic heterocycles. The molecule has 92 valence electrons. The average Bonchev–Trinajstić information content (AvgIpc) is 2.85. The third-order valence-corrected chi connectivity index (χ3v) is 3.10. The average molecular weight is 307 g/mol. The molecular weight excluding hydrogens is 296 g/mol. The van der Waals surface area contributed by atoms with Gasteiger partial charge in [-0.3, -0.25) is 0 Å². The molecule has 4 heteroatoms. The summed E-state index contributed by atoms with van der Waals surface area (Å²) < 4.78 is 17.4. The van der Waals surface area contributed by atoms with Crippen molar-refractivity contribution in [2.24, 2.45) is 0 Å². The largest absolute Gasteiger partial charge is 0.485 e. The first kappa shape index (κ1) is 11.4. The fourth-order valence-corrected chi connectivity index (χ4v) is 2.20. The zero-order valence-electron chi connectivity index (χ0n) is 9.56. The predicted molar refractivity (Wildman–Crippen MR) is 71.0 cm³/mol. The molecule has 0 unspecified atom stereocenters. The summed E-state index contributed by atoms with van der Waals surface area (Å²) in [4.78, 5) is 0. The topological polar surface area (TPSA) is 27.7 Å². The van der Waals surface area contributed by atoms with Gasteiger partial charge in [-0.25, -0.2) is 0 Å². The minimum Gasteiger partial charge on any atom is -0.485 e. The number of ether oxygens (including phenoxy) is 3. The van der Waals surface area contributed by atoms with Crippen LogP contribution in [-0.2, 0) is 6.61 Å². The number of halogens is 1. The fraction of sp³-hybridized carbons (Fsp3) is 0.143. The first-order valence-electron chi connectivity index (χ1n) is 5.59. The molecule has 1 aliphatic rings. The van der Waals surface area contributed by atoms with Gasteiger partial charge in [0.15, 0.2) is 11.5 Å². The SMILES string of the molecule is Brc1cc2c(c(OCc3ccccc3)c1)OCO2. The van der Waals surface area contributed by atoms with E-state index in [1.807, 2.05) is 42.5 Å². The van der Waals surface area contributed by atoms with Crippen LogP contribution in [0.5, 0.6) is 17.2 Å². The maximum atomic E-state index is 5.78. The van der Waals surface area contributed by atoms with Crippen molar-refractivity contribution in [1.29, 1.82) is 0 Å². The summed E-state index contributed by atoms with van der Waals surface area (Å²) in [6.07, 6.45) is 0. The molecule has 0 spiro atoms. The van der Waals surface area contributed by atoms with Gasteiger partial charge in [0.2, 0.25) is 12.5 Å². The van der Waals surface area contributed by atoms with E-state index in [4.69, 9.17) is 14.2 Å². The van der Waals surface area contributed by atoms with E-state index >= 15 is 0 Å². The smallest absolute Gasteiger partial charge is 0.231 e. The summed E-state index contributed by atoms with van der Waals surface area (Å²) in [6, 6.07) is 13.8. The lowest BCUT2D eigenvalue weighted by Gasteiger charge is -2.09. The van der Waals surface area contributed by atoms with E-state index in [1.165, 1.54) is 0 Å². The molecular formula is C14H11BrO3. The van der Waals surface area contributed by atoms with Gasteiger partial charge >= 0.3 is 0 Å². The molecule has 3 nitrogen and oxygen atoms in total. The summed E-state index contributed by atoms with van der Waals surface area (Å²) >= 11 is 3.43. The third kappa shape index (κ3) is 2.29. The molecule has 0 amide bonds. The Morgan fingerprint density at radius 2 is 1.94 bits per heavy atom.